The van der Waals surface area contributed by atoms with E-state index in [1.54, 1.807) is 19.1 Å². The van der Waals surface area contributed by atoms with Crippen molar-refractivity contribution in [3.8, 4) is 0 Å². The van der Waals surface area contributed by atoms with Crippen LogP contribution in [0.3, 0.4) is 0 Å². The molecule has 11 heteroatoms. The van der Waals surface area contributed by atoms with E-state index in [9.17, 15) is 35.7 Å². The quantitative estimate of drug-likeness (QED) is 0.113. The Hall–Kier alpha value is -0.700. The van der Waals surface area contributed by atoms with Crippen molar-refractivity contribution in [1.82, 2.24) is 0 Å². The van der Waals surface area contributed by atoms with Gasteiger partial charge in [-0.3, -0.25) is 0 Å². The van der Waals surface area contributed by atoms with E-state index in [4.69, 9.17) is 18.9 Å². The molecule has 226 valence electrons. The predicted molar refractivity (Wildman–Crippen MR) is 140 cm³/mol. The van der Waals surface area contributed by atoms with Gasteiger partial charge in [0.25, 0.3) is 0 Å². The fourth-order valence-electron chi connectivity index (χ4n) is 4.32. The molecule has 0 saturated carbocycles. The largest absolute Gasteiger partial charge is 0.394 e. The Morgan fingerprint density at radius 3 is 1.63 bits per heavy atom. The SMILES string of the molecule is C/C=C/CO[C@@H]1OC(CO)[C@@H](O[C@@H]2OC(CO)[C@H](O)[C@H](O)C2O)[C@H](O)C1O.CCCCCCCCCCC. The van der Waals surface area contributed by atoms with E-state index in [0.717, 1.165) is 0 Å². The molecule has 2 aliphatic rings. The molecular weight excluding hydrogens is 500 g/mol. The average molecular weight is 553 g/mol. The number of rotatable bonds is 15. The first-order valence-electron chi connectivity index (χ1n) is 14.1. The van der Waals surface area contributed by atoms with E-state index in [1.807, 2.05) is 0 Å². The fourth-order valence-corrected chi connectivity index (χ4v) is 4.32. The lowest BCUT2D eigenvalue weighted by molar-refractivity contribution is -0.358. The Kier molecular flexibility index (Phi) is 18.8. The molecule has 11 nitrogen and oxygen atoms in total. The molecule has 0 aliphatic carbocycles. The third-order valence-electron chi connectivity index (χ3n) is 6.76. The third kappa shape index (κ3) is 11.4. The van der Waals surface area contributed by atoms with Gasteiger partial charge in [-0.15, -0.1) is 0 Å². The molecule has 38 heavy (non-hydrogen) atoms. The van der Waals surface area contributed by atoms with Crippen molar-refractivity contribution in [2.24, 2.45) is 0 Å². The van der Waals surface area contributed by atoms with Crippen LogP contribution in [0.25, 0.3) is 0 Å². The Morgan fingerprint density at radius 2 is 1.13 bits per heavy atom. The summed E-state index contributed by atoms with van der Waals surface area (Å²) in [7, 11) is 0. The zero-order valence-corrected chi connectivity index (χ0v) is 23.2. The van der Waals surface area contributed by atoms with Crippen molar-refractivity contribution in [2.75, 3.05) is 19.8 Å². The van der Waals surface area contributed by atoms with Crippen LogP contribution >= 0.6 is 0 Å². The summed E-state index contributed by atoms with van der Waals surface area (Å²) >= 11 is 0. The van der Waals surface area contributed by atoms with Crippen LogP contribution in [0.15, 0.2) is 12.2 Å². The summed E-state index contributed by atoms with van der Waals surface area (Å²) in [5.74, 6) is 0. The maximum absolute atomic E-state index is 10.4. The molecule has 2 heterocycles. The van der Waals surface area contributed by atoms with Crippen LogP contribution in [0.1, 0.15) is 78.6 Å². The minimum absolute atomic E-state index is 0.112. The van der Waals surface area contributed by atoms with E-state index >= 15 is 0 Å². The Labute approximate surface area is 227 Å². The van der Waals surface area contributed by atoms with E-state index < -0.39 is 74.6 Å². The molecule has 0 radical (unpaired) electrons. The summed E-state index contributed by atoms with van der Waals surface area (Å²) in [5, 5.41) is 68.9. The van der Waals surface area contributed by atoms with E-state index in [2.05, 4.69) is 13.8 Å². The predicted octanol–water partition coefficient (Wildman–Crippen LogP) is 0.740. The molecule has 2 rings (SSSR count). The summed E-state index contributed by atoms with van der Waals surface area (Å²) in [4.78, 5) is 0. The molecular formula is C27H52O11. The zero-order valence-electron chi connectivity index (χ0n) is 23.2. The molecule has 10 atom stereocenters. The summed E-state index contributed by atoms with van der Waals surface area (Å²) in [6.45, 7) is 5.18. The second-order valence-electron chi connectivity index (χ2n) is 9.88. The van der Waals surface area contributed by atoms with Crippen molar-refractivity contribution in [2.45, 2.75) is 140 Å². The van der Waals surface area contributed by atoms with Crippen molar-refractivity contribution in [1.29, 1.82) is 0 Å². The maximum Gasteiger partial charge on any atom is 0.187 e. The molecule has 2 aliphatic heterocycles. The minimum Gasteiger partial charge on any atom is -0.394 e. The zero-order chi connectivity index (χ0) is 28.5. The van der Waals surface area contributed by atoms with Crippen LogP contribution in [0, 0.1) is 0 Å². The number of hydrogen-bond donors (Lipinski definition) is 7. The highest BCUT2D eigenvalue weighted by Crippen LogP contribution is 2.29. The molecule has 0 aromatic carbocycles. The number of ether oxygens (including phenoxy) is 4. The van der Waals surface area contributed by atoms with Crippen LogP contribution in [-0.4, -0.2) is 117 Å². The summed E-state index contributed by atoms with van der Waals surface area (Å²) in [5.41, 5.74) is 0. The lowest BCUT2D eigenvalue weighted by Crippen LogP contribution is -2.64. The average Bonchev–Trinajstić information content (AvgIpc) is 2.92. The first-order valence-corrected chi connectivity index (χ1v) is 14.1. The van der Waals surface area contributed by atoms with E-state index in [1.165, 1.54) is 57.8 Å². The molecule has 0 bridgehead atoms. The van der Waals surface area contributed by atoms with Gasteiger partial charge in [-0.05, 0) is 6.92 Å². The van der Waals surface area contributed by atoms with Crippen molar-refractivity contribution in [3.63, 3.8) is 0 Å². The highest BCUT2D eigenvalue weighted by atomic mass is 16.7. The van der Waals surface area contributed by atoms with Crippen LogP contribution in [0.2, 0.25) is 0 Å². The second kappa shape index (κ2) is 20.2. The Bertz CT molecular complexity index is 596. The fraction of sp³-hybridized carbons (Fsp3) is 0.926. The van der Waals surface area contributed by atoms with Crippen LogP contribution in [0.4, 0.5) is 0 Å². The van der Waals surface area contributed by atoms with Crippen molar-refractivity contribution >= 4 is 0 Å². The van der Waals surface area contributed by atoms with Gasteiger partial charge >= 0.3 is 0 Å². The standard InChI is InChI=1S/C16H28O11.C11H24/c1-2-3-4-24-15-13(23)11(21)14(8(6-18)26-15)27-16-12(22)10(20)9(19)7(5-17)25-16;1-3-5-7-9-11-10-8-6-4-2/h2-3,7-23H,4-6H2,1H3;3-11H2,1-2H3/b3-2+;/t7?,8?,9-,10-,11+,12?,13?,14+,15+,16-;/m0./s1. The monoisotopic (exact) mass is 552 g/mol. The van der Waals surface area contributed by atoms with Gasteiger partial charge < -0.3 is 54.7 Å². The number of aliphatic hydroxyl groups is 7. The molecule has 4 unspecified atom stereocenters. The number of allylic oxidation sites excluding steroid dienone is 1. The summed E-state index contributed by atoms with van der Waals surface area (Å²) < 4.78 is 21.4. The lowest BCUT2D eigenvalue weighted by Gasteiger charge is -2.45. The molecule has 2 fully saturated rings. The Balaban J connectivity index is 0.000000554. The van der Waals surface area contributed by atoms with E-state index in [-0.39, 0.29) is 6.61 Å². The van der Waals surface area contributed by atoms with Gasteiger partial charge in [-0.1, -0.05) is 83.8 Å². The first-order chi connectivity index (χ1) is 18.3. The number of aliphatic hydroxyl groups excluding tert-OH is 7. The minimum atomic E-state index is -1.70. The van der Waals surface area contributed by atoms with Gasteiger partial charge in [0.15, 0.2) is 12.6 Å². The van der Waals surface area contributed by atoms with Gasteiger partial charge in [-0.2, -0.15) is 0 Å². The summed E-state index contributed by atoms with van der Waals surface area (Å²) in [6.07, 6.45) is 1.86. The normalized spacial score (nSPS) is 35.7. The topological polar surface area (TPSA) is 179 Å². The van der Waals surface area contributed by atoms with Gasteiger partial charge in [0, 0.05) is 0 Å². The molecule has 0 aromatic heterocycles. The van der Waals surface area contributed by atoms with Crippen LogP contribution in [-0.2, 0) is 18.9 Å². The van der Waals surface area contributed by atoms with Gasteiger partial charge in [0.1, 0.15) is 48.8 Å². The molecule has 0 spiro atoms. The molecule has 2 saturated heterocycles. The summed E-state index contributed by atoms with van der Waals surface area (Å²) in [6, 6.07) is 0. The second-order valence-corrected chi connectivity index (χ2v) is 9.88. The highest BCUT2D eigenvalue weighted by molar-refractivity contribution is 4.94. The Morgan fingerprint density at radius 1 is 0.632 bits per heavy atom. The molecule has 0 amide bonds. The first kappa shape index (κ1) is 35.3. The molecule has 7 N–H and O–H groups in total. The number of hydrogen-bond acceptors (Lipinski definition) is 11. The highest BCUT2D eigenvalue weighted by Gasteiger charge is 2.50. The van der Waals surface area contributed by atoms with Crippen LogP contribution in [0.5, 0.6) is 0 Å². The lowest BCUT2D eigenvalue weighted by atomic mass is 9.97. The van der Waals surface area contributed by atoms with Crippen LogP contribution < -0.4 is 0 Å². The smallest absolute Gasteiger partial charge is 0.187 e. The van der Waals surface area contributed by atoms with Gasteiger partial charge in [-0.25, -0.2) is 0 Å². The van der Waals surface area contributed by atoms with Crippen molar-refractivity contribution in [3.05, 3.63) is 12.2 Å². The third-order valence-corrected chi connectivity index (χ3v) is 6.76. The number of unbranched alkanes of at least 4 members (excludes halogenated alkanes) is 8. The van der Waals surface area contributed by atoms with Gasteiger partial charge in [0.05, 0.1) is 19.8 Å². The van der Waals surface area contributed by atoms with Gasteiger partial charge in [0.2, 0.25) is 0 Å². The molecule has 0 aromatic rings. The van der Waals surface area contributed by atoms with E-state index in [0.29, 0.717) is 0 Å². The van der Waals surface area contributed by atoms with Crippen molar-refractivity contribution < 1.29 is 54.7 Å². The maximum atomic E-state index is 10.4.